The van der Waals surface area contributed by atoms with Crippen LogP contribution in [0.3, 0.4) is 0 Å². The van der Waals surface area contributed by atoms with Crippen LogP contribution in [0.4, 0.5) is 5.69 Å². The normalized spacial score (nSPS) is 20.7. The summed E-state index contributed by atoms with van der Waals surface area (Å²) in [6.07, 6.45) is 2.57. The van der Waals surface area contributed by atoms with Crippen molar-refractivity contribution < 1.29 is 9.90 Å². The van der Waals surface area contributed by atoms with Crippen molar-refractivity contribution in [1.29, 1.82) is 0 Å². The van der Waals surface area contributed by atoms with Crippen molar-refractivity contribution in [3.8, 4) is 0 Å². The number of carbonyl (C=O) groups excluding carboxylic acids is 1. The lowest BCUT2D eigenvalue weighted by atomic mass is 10.1. The number of aliphatic hydroxyl groups excluding tert-OH is 1. The van der Waals surface area contributed by atoms with Crippen LogP contribution in [0, 0.1) is 13.8 Å². The first-order chi connectivity index (χ1) is 9.88. The van der Waals surface area contributed by atoms with Crippen molar-refractivity contribution in [3.63, 3.8) is 0 Å². The van der Waals surface area contributed by atoms with E-state index in [0.717, 1.165) is 42.9 Å². The number of likely N-dealkylation sites (tertiary alicyclic amines) is 1. The molecule has 1 aliphatic rings. The maximum atomic E-state index is 12.3. The summed E-state index contributed by atoms with van der Waals surface area (Å²) in [4.78, 5) is 14.4. The molecule has 0 radical (unpaired) electrons. The molecule has 21 heavy (non-hydrogen) atoms. The van der Waals surface area contributed by atoms with Crippen LogP contribution in [0.2, 0.25) is 0 Å². The summed E-state index contributed by atoms with van der Waals surface area (Å²) < 4.78 is 1.77. The minimum absolute atomic E-state index is 0.00769. The maximum absolute atomic E-state index is 12.3. The van der Waals surface area contributed by atoms with Crippen molar-refractivity contribution in [2.45, 2.75) is 52.2 Å². The Balaban J connectivity index is 1.95. The highest BCUT2D eigenvalue weighted by molar-refractivity contribution is 5.93. The molecule has 2 atom stereocenters. The van der Waals surface area contributed by atoms with Gasteiger partial charge in [-0.1, -0.05) is 0 Å². The topological polar surface area (TPSA) is 70.4 Å². The molecule has 2 heterocycles. The van der Waals surface area contributed by atoms with Gasteiger partial charge >= 0.3 is 0 Å². The summed E-state index contributed by atoms with van der Waals surface area (Å²) in [5.74, 6) is -0.00769. The van der Waals surface area contributed by atoms with Crippen molar-refractivity contribution in [3.05, 3.63) is 11.4 Å². The minimum atomic E-state index is -0.318. The molecule has 0 saturated carbocycles. The van der Waals surface area contributed by atoms with Crippen LogP contribution in [0.1, 0.15) is 37.6 Å². The molecule has 1 aromatic rings. The van der Waals surface area contributed by atoms with Crippen LogP contribution in [-0.2, 0) is 11.8 Å². The van der Waals surface area contributed by atoms with E-state index in [4.69, 9.17) is 0 Å². The molecule has 2 unspecified atom stereocenters. The van der Waals surface area contributed by atoms with Crippen LogP contribution >= 0.6 is 0 Å². The largest absolute Gasteiger partial charge is 0.393 e. The van der Waals surface area contributed by atoms with E-state index >= 15 is 0 Å². The molecule has 0 aliphatic carbocycles. The van der Waals surface area contributed by atoms with E-state index in [9.17, 15) is 9.90 Å². The van der Waals surface area contributed by atoms with Gasteiger partial charge in [-0.2, -0.15) is 5.10 Å². The van der Waals surface area contributed by atoms with E-state index in [-0.39, 0.29) is 12.0 Å². The summed E-state index contributed by atoms with van der Waals surface area (Å²) >= 11 is 0. The first-order valence-corrected chi connectivity index (χ1v) is 7.60. The lowest BCUT2D eigenvalue weighted by Gasteiger charge is -2.24. The van der Waals surface area contributed by atoms with E-state index in [0.29, 0.717) is 12.6 Å². The van der Waals surface area contributed by atoms with Gasteiger partial charge in [0, 0.05) is 13.1 Å². The third-order valence-electron chi connectivity index (χ3n) is 4.23. The van der Waals surface area contributed by atoms with Gasteiger partial charge in [-0.05, 0) is 46.6 Å². The zero-order valence-corrected chi connectivity index (χ0v) is 13.4. The Morgan fingerprint density at radius 1 is 1.52 bits per heavy atom. The van der Waals surface area contributed by atoms with Crippen molar-refractivity contribution in [2.24, 2.45) is 7.05 Å². The van der Waals surface area contributed by atoms with E-state index in [1.54, 1.807) is 11.6 Å². The van der Waals surface area contributed by atoms with Gasteiger partial charge in [0.1, 0.15) is 0 Å². The van der Waals surface area contributed by atoms with E-state index in [1.165, 1.54) is 0 Å². The van der Waals surface area contributed by atoms with Gasteiger partial charge in [0.25, 0.3) is 0 Å². The maximum Gasteiger partial charge on any atom is 0.238 e. The number of carbonyl (C=O) groups is 1. The molecule has 0 aromatic carbocycles. The highest BCUT2D eigenvalue weighted by Gasteiger charge is 2.27. The standard InChI is InChI=1S/C15H26N4O2/c1-10(20)8-13-6-5-7-19(13)9-14(21)16-15-11(2)17-18(4)12(15)3/h10,13,20H,5-9H2,1-4H3,(H,16,21). The zero-order chi connectivity index (χ0) is 15.6. The Bertz CT molecular complexity index is 510. The molecule has 1 amide bonds. The number of anilines is 1. The van der Waals surface area contributed by atoms with Crippen LogP contribution in [0.15, 0.2) is 0 Å². The molecule has 118 valence electrons. The first-order valence-electron chi connectivity index (χ1n) is 7.60. The first kappa shape index (κ1) is 16.0. The third kappa shape index (κ3) is 3.83. The number of rotatable bonds is 5. The Morgan fingerprint density at radius 3 is 2.81 bits per heavy atom. The lowest BCUT2D eigenvalue weighted by molar-refractivity contribution is -0.117. The average Bonchev–Trinajstić information content (AvgIpc) is 2.89. The summed E-state index contributed by atoms with van der Waals surface area (Å²) in [6.45, 7) is 6.95. The van der Waals surface area contributed by atoms with Crippen molar-refractivity contribution in [2.75, 3.05) is 18.4 Å². The fourth-order valence-electron chi connectivity index (χ4n) is 3.08. The predicted molar refractivity (Wildman–Crippen MR) is 82.2 cm³/mol. The van der Waals surface area contributed by atoms with Gasteiger partial charge in [0.2, 0.25) is 5.91 Å². The molecule has 1 aromatic heterocycles. The molecule has 1 fully saturated rings. The second kappa shape index (κ2) is 6.58. The Morgan fingerprint density at radius 2 is 2.24 bits per heavy atom. The monoisotopic (exact) mass is 294 g/mol. The molecule has 0 bridgehead atoms. The SMILES string of the molecule is Cc1nn(C)c(C)c1NC(=O)CN1CCCC1CC(C)O. The Kier molecular flexibility index (Phi) is 5.00. The summed E-state index contributed by atoms with van der Waals surface area (Å²) in [5.41, 5.74) is 2.61. The molecule has 6 heteroatoms. The minimum Gasteiger partial charge on any atom is -0.393 e. The lowest BCUT2D eigenvalue weighted by Crippen LogP contribution is -2.38. The smallest absolute Gasteiger partial charge is 0.238 e. The van der Waals surface area contributed by atoms with Crippen LogP contribution in [-0.4, -0.2) is 50.9 Å². The van der Waals surface area contributed by atoms with Crippen LogP contribution in [0.5, 0.6) is 0 Å². The van der Waals surface area contributed by atoms with Crippen molar-refractivity contribution >= 4 is 11.6 Å². The molecule has 2 N–H and O–H groups in total. The number of aromatic nitrogens is 2. The van der Waals surface area contributed by atoms with Crippen LogP contribution in [0.25, 0.3) is 0 Å². The quantitative estimate of drug-likeness (QED) is 0.856. The zero-order valence-electron chi connectivity index (χ0n) is 13.4. The molecule has 0 spiro atoms. The Hall–Kier alpha value is -1.40. The number of amides is 1. The molecular weight excluding hydrogens is 268 g/mol. The van der Waals surface area contributed by atoms with Gasteiger partial charge in [-0.3, -0.25) is 14.4 Å². The second-order valence-electron chi connectivity index (χ2n) is 6.07. The van der Waals surface area contributed by atoms with Gasteiger partial charge in [0.05, 0.1) is 29.7 Å². The second-order valence-corrected chi connectivity index (χ2v) is 6.07. The molecular formula is C15H26N4O2. The fourth-order valence-corrected chi connectivity index (χ4v) is 3.08. The van der Waals surface area contributed by atoms with E-state index in [2.05, 4.69) is 15.3 Å². The third-order valence-corrected chi connectivity index (χ3v) is 4.23. The van der Waals surface area contributed by atoms with Gasteiger partial charge < -0.3 is 10.4 Å². The van der Waals surface area contributed by atoms with Gasteiger partial charge in [-0.15, -0.1) is 0 Å². The average molecular weight is 294 g/mol. The van der Waals surface area contributed by atoms with Gasteiger partial charge in [-0.25, -0.2) is 0 Å². The summed E-state index contributed by atoms with van der Waals surface area (Å²) in [7, 11) is 1.87. The molecule has 1 aliphatic heterocycles. The molecule has 2 rings (SSSR count). The Labute approximate surface area is 126 Å². The molecule has 1 saturated heterocycles. The predicted octanol–water partition coefficient (Wildman–Crippen LogP) is 1.21. The van der Waals surface area contributed by atoms with Crippen LogP contribution < -0.4 is 5.32 Å². The number of aliphatic hydroxyl groups is 1. The number of aryl methyl sites for hydroxylation is 2. The highest BCUT2D eigenvalue weighted by Crippen LogP contribution is 2.22. The fraction of sp³-hybridized carbons (Fsp3) is 0.733. The van der Waals surface area contributed by atoms with Crippen molar-refractivity contribution in [1.82, 2.24) is 14.7 Å². The number of nitrogens with zero attached hydrogens (tertiary/aromatic N) is 3. The summed E-state index contributed by atoms with van der Waals surface area (Å²) in [5, 5.41) is 16.8. The number of hydrogen-bond donors (Lipinski definition) is 2. The van der Waals surface area contributed by atoms with E-state index < -0.39 is 0 Å². The van der Waals surface area contributed by atoms with E-state index in [1.807, 2.05) is 20.9 Å². The number of hydrogen-bond acceptors (Lipinski definition) is 4. The molecule has 6 nitrogen and oxygen atoms in total. The van der Waals surface area contributed by atoms with Gasteiger partial charge in [0.15, 0.2) is 0 Å². The highest BCUT2D eigenvalue weighted by atomic mass is 16.3. The number of nitrogens with one attached hydrogen (secondary N) is 1. The summed E-state index contributed by atoms with van der Waals surface area (Å²) in [6, 6.07) is 0.312.